The molecule has 0 aliphatic carbocycles. The quantitative estimate of drug-likeness (QED) is 0.649. The lowest BCUT2D eigenvalue weighted by atomic mass is 10.1. The number of rotatable bonds is 5. The van der Waals surface area contributed by atoms with Crippen LogP contribution in [-0.4, -0.2) is 25.0 Å². The van der Waals surface area contributed by atoms with E-state index in [0.717, 1.165) is 40.6 Å². The number of nitrogens with zero attached hydrogens (tertiary/aromatic N) is 1. The molecule has 0 radical (unpaired) electrons. The molecule has 0 fully saturated rings. The number of hydrogen-bond acceptors (Lipinski definition) is 4. The maximum absolute atomic E-state index is 12.4. The second kappa shape index (κ2) is 7.27. The monoisotopic (exact) mass is 363 g/mol. The summed E-state index contributed by atoms with van der Waals surface area (Å²) in [5, 5.41) is 0.906. The molecular formula is C22H21NO4. The fourth-order valence-corrected chi connectivity index (χ4v) is 3.51. The van der Waals surface area contributed by atoms with E-state index >= 15 is 0 Å². The van der Waals surface area contributed by atoms with Gasteiger partial charge in [0, 0.05) is 23.2 Å². The Hall–Kier alpha value is -3.08. The van der Waals surface area contributed by atoms with Crippen molar-refractivity contribution in [1.82, 2.24) is 0 Å². The molecule has 0 unspecified atom stereocenters. The lowest BCUT2D eigenvalue weighted by Crippen LogP contribution is -2.33. The Kier molecular flexibility index (Phi) is 4.67. The standard InChI is InChI=1S/C22H21NO4/c1-2-15-7-8-18-17(13-26-20(18)11-15)12-22(25)27-14-21(24)23-10-9-16-5-3-4-6-19(16)23/h3-8,11,13H,2,9-10,12,14H2,1H3. The van der Waals surface area contributed by atoms with Crippen molar-refractivity contribution in [1.29, 1.82) is 0 Å². The van der Waals surface area contributed by atoms with Crippen LogP contribution in [0.15, 0.2) is 53.1 Å². The van der Waals surface area contributed by atoms with Crippen LogP contribution < -0.4 is 4.90 Å². The molecule has 3 aromatic rings. The summed E-state index contributed by atoms with van der Waals surface area (Å²) in [4.78, 5) is 26.3. The van der Waals surface area contributed by atoms with Gasteiger partial charge in [0.2, 0.25) is 0 Å². The van der Waals surface area contributed by atoms with Gasteiger partial charge >= 0.3 is 5.97 Å². The largest absolute Gasteiger partial charge is 0.464 e. The Morgan fingerprint density at radius 3 is 2.89 bits per heavy atom. The second-order valence-corrected chi connectivity index (χ2v) is 6.71. The molecule has 1 aliphatic rings. The zero-order valence-corrected chi connectivity index (χ0v) is 15.2. The first kappa shape index (κ1) is 17.3. The van der Waals surface area contributed by atoms with Gasteiger partial charge in [-0.1, -0.05) is 37.3 Å². The number of esters is 1. The summed E-state index contributed by atoms with van der Waals surface area (Å²) >= 11 is 0. The van der Waals surface area contributed by atoms with E-state index in [1.165, 1.54) is 5.56 Å². The van der Waals surface area contributed by atoms with Crippen LogP contribution in [0.25, 0.3) is 11.0 Å². The molecule has 27 heavy (non-hydrogen) atoms. The first-order valence-electron chi connectivity index (χ1n) is 9.18. The van der Waals surface area contributed by atoms with Crippen LogP contribution in [0.2, 0.25) is 0 Å². The number of aryl methyl sites for hydroxylation is 1. The summed E-state index contributed by atoms with van der Waals surface area (Å²) in [6.45, 7) is 2.46. The third-order valence-corrected chi connectivity index (χ3v) is 5.01. The maximum atomic E-state index is 12.4. The molecule has 0 saturated carbocycles. The number of ether oxygens (including phenoxy) is 1. The molecule has 0 N–H and O–H groups in total. The molecule has 0 bridgehead atoms. The number of hydrogen-bond donors (Lipinski definition) is 0. The molecule has 4 rings (SSSR count). The average Bonchev–Trinajstić information content (AvgIpc) is 3.30. The molecule has 2 aromatic carbocycles. The minimum atomic E-state index is -0.432. The van der Waals surface area contributed by atoms with Crippen LogP contribution in [0, 0.1) is 0 Å². The highest BCUT2D eigenvalue weighted by molar-refractivity contribution is 5.97. The van der Waals surface area contributed by atoms with Crippen molar-refractivity contribution in [2.24, 2.45) is 0 Å². The third kappa shape index (κ3) is 3.45. The lowest BCUT2D eigenvalue weighted by Gasteiger charge is -2.17. The number of fused-ring (bicyclic) bond motifs is 2. The highest BCUT2D eigenvalue weighted by Crippen LogP contribution is 2.27. The summed E-state index contributed by atoms with van der Waals surface area (Å²) in [5.74, 6) is -0.629. The predicted molar refractivity (Wildman–Crippen MR) is 103 cm³/mol. The van der Waals surface area contributed by atoms with E-state index in [9.17, 15) is 9.59 Å². The van der Waals surface area contributed by atoms with E-state index in [4.69, 9.17) is 9.15 Å². The van der Waals surface area contributed by atoms with Crippen LogP contribution in [0.3, 0.4) is 0 Å². The van der Waals surface area contributed by atoms with Gasteiger partial charge in [-0.05, 0) is 36.1 Å². The van der Waals surface area contributed by atoms with Crippen molar-refractivity contribution < 1.29 is 18.7 Å². The van der Waals surface area contributed by atoms with Crippen LogP contribution in [0.5, 0.6) is 0 Å². The Bertz CT molecular complexity index is 1000. The smallest absolute Gasteiger partial charge is 0.310 e. The first-order valence-corrected chi connectivity index (χ1v) is 9.18. The Balaban J connectivity index is 1.37. The third-order valence-electron chi connectivity index (χ3n) is 5.01. The van der Waals surface area contributed by atoms with Gasteiger partial charge in [0.25, 0.3) is 5.91 Å². The van der Waals surface area contributed by atoms with Crippen molar-refractivity contribution in [3.8, 4) is 0 Å². The highest BCUT2D eigenvalue weighted by Gasteiger charge is 2.25. The average molecular weight is 363 g/mol. The van der Waals surface area contributed by atoms with E-state index in [1.54, 1.807) is 11.2 Å². The molecule has 0 saturated heterocycles. The van der Waals surface area contributed by atoms with Crippen molar-refractivity contribution in [3.63, 3.8) is 0 Å². The lowest BCUT2D eigenvalue weighted by molar-refractivity contribution is -0.147. The van der Waals surface area contributed by atoms with Crippen molar-refractivity contribution >= 4 is 28.5 Å². The van der Waals surface area contributed by atoms with Gasteiger partial charge < -0.3 is 14.1 Å². The van der Waals surface area contributed by atoms with Crippen molar-refractivity contribution in [2.45, 2.75) is 26.2 Å². The van der Waals surface area contributed by atoms with Gasteiger partial charge in [-0.3, -0.25) is 9.59 Å². The first-order chi connectivity index (χ1) is 13.2. The predicted octanol–water partition coefficient (Wildman–Crippen LogP) is 3.67. The minimum absolute atomic E-state index is 0.0857. The normalized spacial score (nSPS) is 13.0. The number of amides is 1. The van der Waals surface area contributed by atoms with Crippen LogP contribution in [0.4, 0.5) is 5.69 Å². The summed E-state index contributed by atoms with van der Waals surface area (Å²) in [7, 11) is 0. The molecule has 5 nitrogen and oxygen atoms in total. The molecule has 5 heteroatoms. The van der Waals surface area contributed by atoms with E-state index in [-0.39, 0.29) is 18.9 Å². The molecule has 2 heterocycles. The highest BCUT2D eigenvalue weighted by atomic mass is 16.5. The molecule has 1 aromatic heterocycles. The van der Waals surface area contributed by atoms with Crippen molar-refractivity contribution in [3.05, 3.63) is 65.4 Å². The van der Waals surface area contributed by atoms with E-state index in [1.807, 2.05) is 42.5 Å². The Morgan fingerprint density at radius 2 is 2.04 bits per heavy atom. The van der Waals surface area contributed by atoms with E-state index in [0.29, 0.717) is 6.54 Å². The van der Waals surface area contributed by atoms with Crippen LogP contribution >= 0.6 is 0 Å². The van der Waals surface area contributed by atoms with Gasteiger partial charge in [-0.25, -0.2) is 0 Å². The maximum Gasteiger partial charge on any atom is 0.310 e. The minimum Gasteiger partial charge on any atom is -0.464 e. The summed E-state index contributed by atoms with van der Waals surface area (Å²) in [6.07, 6.45) is 3.43. The molecular weight excluding hydrogens is 342 g/mol. The number of furan rings is 1. The fourth-order valence-electron chi connectivity index (χ4n) is 3.51. The number of carbonyl (C=O) groups is 2. The molecule has 1 aliphatic heterocycles. The van der Waals surface area contributed by atoms with Crippen molar-refractivity contribution in [2.75, 3.05) is 18.1 Å². The van der Waals surface area contributed by atoms with Crippen LogP contribution in [-0.2, 0) is 33.6 Å². The summed E-state index contributed by atoms with van der Waals surface area (Å²) < 4.78 is 10.8. The molecule has 0 spiro atoms. The summed E-state index contributed by atoms with van der Waals surface area (Å²) in [6, 6.07) is 13.8. The number of benzene rings is 2. The number of para-hydroxylation sites is 1. The molecule has 1 amide bonds. The van der Waals surface area contributed by atoms with Gasteiger partial charge in [0.15, 0.2) is 6.61 Å². The zero-order valence-electron chi connectivity index (χ0n) is 15.2. The van der Waals surface area contributed by atoms with Crippen LogP contribution in [0.1, 0.15) is 23.6 Å². The van der Waals surface area contributed by atoms with E-state index in [2.05, 4.69) is 6.92 Å². The topological polar surface area (TPSA) is 59.8 Å². The van der Waals surface area contributed by atoms with Gasteiger partial charge in [0.05, 0.1) is 12.7 Å². The Labute approximate surface area is 157 Å². The number of anilines is 1. The number of carbonyl (C=O) groups excluding carboxylic acids is 2. The van der Waals surface area contributed by atoms with E-state index < -0.39 is 5.97 Å². The van der Waals surface area contributed by atoms with Gasteiger partial charge in [-0.2, -0.15) is 0 Å². The molecule has 138 valence electrons. The van der Waals surface area contributed by atoms with Gasteiger partial charge in [-0.15, -0.1) is 0 Å². The molecule has 0 atom stereocenters. The second-order valence-electron chi connectivity index (χ2n) is 6.71. The van der Waals surface area contributed by atoms with Gasteiger partial charge in [0.1, 0.15) is 5.58 Å². The SMILES string of the molecule is CCc1ccc2c(CC(=O)OCC(=O)N3CCc4ccccc43)coc2c1. The zero-order chi connectivity index (χ0) is 18.8. The summed E-state index contributed by atoms with van der Waals surface area (Å²) in [5.41, 5.74) is 4.78. The fraction of sp³-hybridized carbons (Fsp3) is 0.273. The Morgan fingerprint density at radius 1 is 1.19 bits per heavy atom.